The van der Waals surface area contributed by atoms with Crippen molar-refractivity contribution in [1.29, 1.82) is 0 Å². The lowest BCUT2D eigenvalue weighted by Gasteiger charge is -2.39. The van der Waals surface area contributed by atoms with E-state index in [1.54, 1.807) is 13.8 Å². The number of rotatable bonds is 3. The highest BCUT2D eigenvalue weighted by Gasteiger charge is 2.42. The van der Waals surface area contributed by atoms with Crippen molar-refractivity contribution in [2.24, 2.45) is 5.41 Å². The largest absolute Gasteiger partial charge is 0.368 e. The molecule has 2 amide bonds. The number of amides is 2. The zero-order valence-corrected chi connectivity index (χ0v) is 14.7. The van der Waals surface area contributed by atoms with Crippen LogP contribution in [0, 0.1) is 5.41 Å². The van der Waals surface area contributed by atoms with Crippen LogP contribution in [0.15, 0.2) is 30.3 Å². The Kier molecular flexibility index (Phi) is 4.78. The Morgan fingerprint density at radius 1 is 0.792 bits per heavy atom. The molecular weight excluding hydrogens is 302 g/mol. The molecule has 0 spiro atoms. The van der Waals surface area contributed by atoms with Gasteiger partial charge >= 0.3 is 0 Å². The molecule has 1 aromatic rings. The highest BCUT2D eigenvalue weighted by Crippen LogP contribution is 2.26. The number of likely N-dealkylation sites (tertiary alicyclic amines) is 1. The molecule has 1 aromatic carbocycles. The number of piperazine rings is 1. The van der Waals surface area contributed by atoms with Crippen LogP contribution in [0.4, 0.5) is 5.69 Å². The van der Waals surface area contributed by atoms with Crippen LogP contribution < -0.4 is 4.90 Å². The molecule has 0 saturated carbocycles. The summed E-state index contributed by atoms with van der Waals surface area (Å²) in [6, 6.07) is 10.3. The van der Waals surface area contributed by atoms with Gasteiger partial charge in [-0.25, -0.2) is 0 Å². The number of hydrogen-bond acceptors (Lipinski definition) is 3. The molecule has 2 saturated heterocycles. The maximum absolute atomic E-state index is 12.9. The molecule has 2 heterocycles. The van der Waals surface area contributed by atoms with Crippen molar-refractivity contribution in [2.75, 3.05) is 44.2 Å². The minimum atomic E-state index is -0.959. The Labute approximate surface area is 144 Å². The molecule has 5 nitrogen and oxygen atoms in total. The van der Waals surface area contributed by atoms with Gasteiger partial charge in [-0.2, -0.15) is 0 Å². The Morgan fingerprint density at radius 3 is 1.83 bits per heavy atom. The quantitative estimate of drug-likeness (QED) is 0.797. The molecule has 5 heteroatoms. The zero-order valence-electron chi connectivity index (χ0n) is 14.7. The molecule has 0 aliphatic carbocycles. The smallest absolute Gasteiger partial charge is 0.237 e. The summed E-state index contributed by atoms with van der Waals surface area (Å²) in [4.78, 5) is 31.6. The van der Waals surface area contributed by atoms with Gasteiger partial charge in [0.1, 0.15) is 5.41 Å². The van der Waals surface area contributed by atoms with Crippen LogP contribution in [-0.4, -0.2) is 60.9 Å². The maximum atomic E-state index is 12.9. The first-order valence-electron chi connectivity index (χ1n) is 8.89. The van der Waals surface area contributed by atoms with Gasteiger partial charge < -0.3 is 14.7 Å². The maximum Gasteiger partial charge on any atom is 0.237 e. The first kappa shape index (κ1) is 16.8. The molecular formula is C19H27N3O2. The molecule has 0 N–H and O–H groups in total. The minimum Gasteiger partial charge on any atom is -0.368 e. The van der Waals surface area contributed by atoms with E-state index in [1.165, 1.54) is 5.69 Å². The van der Waals surface area contributed by atoms with E-state index in [9.17, 15) is 9.59 Å². The highest BCUT2D eigenvalue weighted by molar-refractivity contribution is 6.04. The fraction of sp³-hybridized carbons (Fsp3) is 0.579. The Hall–Kier alpha value is -2.04. The third-order valence-electron chi connectivity index (χ3n) is 5.15. The second kappa shape index (κ2) is 6.83. The molecule has 0 aromatic heterocycles. The van der Waals surface area contributed by atoms with Crippen molar-refractivity contribution in [3.63, 3.8) is 0 Å². The van der Waals surface area contributed by atoms with Crippen molar-refractivity contribution >= 4 is 17.5 Å². The second-order valence-corrected chi connectivity index (χ2v) is 7.24. The molecule has 0 radical (unpaired) electrons. The molecule has 2 aliphatic rings. The summed E-state index contributed by atoms with van der Waals surface area (Å²) >= 11 is 0. The van der Waals surface area contributed by atoms with Gasteiger partial charge in [-0.15, -0.1) is 0 Å². The lowest BCUT2D eigenvalue weighted by Crippen LogP contribution is -2.55. The van der Waals surface area contributed by atoms with Gasteiger partial charge in [0.15, 0.2) is 0 Å². The zero-order chi connectivity index (χ0) is 17.2. The molecule has 24 heavy (non-hydrogen) atoms. The molecule has 3 rings (SSSR count). The molecule has 0 atom stereocenters. The van der Waals surface area contributed by atoms with Gasteiger partial charge in [-0.1, -0.05) is 18.2 Å². The lowest BCUT2D eigenvalue weighted by atomic mass is 9.89. The van der Waals surface area contributed by atoms with E-state index >= 15 is 0 Å². The topological polar surface area (TPSA) is 43.9 Å². The van der Waals surface area contributed by atoms with Gasteiger partial charge in [-0.3, -0.25) is 9.59 Å². The summed E-state index contributed by atoms with van der Waals surface area (Å²) in [6.07, 6.45) is 2.09. The molecule has 0 bridgehead atoms. The fourth-order valence-corrected chi connectivity index (χ4v) is 3.61. The van der Waals surface area contributed by atoms with Crippen molar-refractivity contribution in [3.8, 4) is 0 Å². The average molecular weight is 329 g/mol. The number of carbonyl (C=O) groups is 2. The van der Waals surface area contributed by atoms with Gasteiger partial charge in [0, 0.05) is 45.0 Å². The summed E-state index contributed by atoms with van der Waals surface area (Å²) in [6.45, 7) is 8.09. The monoisotopic (exact) mass is 329 g/mol. The number of carbonyl (C=O) groups excluding carboxylic acids is 2. The van der Waals surface area contributed by atoms with Gasteiger partial charge in [0.05, 0.1) is 0 Å². The third kappa shape index (κ3) is 3.25. The first-order chi connectivity index (χ1) is 11.5. The van der Waals surface area contributed by atoms with Crippen LogP contribution in [0.25, 0.3) is 0 Å². The lowest BCUT2D eigenvalue weighted by molar-refractivity contribution is -0.153. The number of benzene rings is 1. The predicted octanol–water partition coefficient (Wildman–Crippen LogP) is 1.98. The van der Waals surface area contributed by atoms with Gasteiger partial charge in [0.2, 0.25) is 11.8 Å². The van der Waals surface area contributed by atoms with Crippen LogP contribution in [0.2, 0.25) is 0 Å². The van der Waals surface area contributed by atoms with E-state index in [1.807, 2.05) is 28.0 Å². The number of anilines is 1. The van der Waals surface area contributed by atoms with Crippen LogP contribution in [0.3, 0.4) is 0 Å². The van der Waals surface area contributed by atoms with Crippen molar-refractivity contribution in [2.45, 2.75) is 26.7 Å². The summed E-state index contributed by atoms with van der Waals surface area (Å²) < 4.78 is 0. The predicted molar refractivity (Wildman–Crippen MR) is 94.8 cm³/mol. The first-order valence-corrected chi connectivity index (χ1v) is 8.89. The van der Waals surface area contributed by atoms with E-state index in [4.69, 9.17) is 0 Å². The number of para-hydroxylation sites is 1. The van der Waals surface area contributed by atoms with Gasteiger partial charge in [0.25, 0.3) is 0 Å². The molecule has 2 fully saturated rings. The standard InChI is InChI=1S/C19H27N3O2/c1-19(2,17(23)21-10-6-7-11-21)18(24)22-14-12-20(13-15-22)16-8-4-3-5-9-16/h3-5,8-9H,6-7,10-15H2,1-2H3. The second-order valence-electron chi connectivity index (χ2n) is 7.24. The van der Waals surface area contributed by atoms with Crippen molar-refractivity contribution in [3.05, 3.63) is 30.3 Å². The Balaban J connectivity index is 1.61. The summed E-state index contributed by atoms with van der Waals surface area (Å²) in [5.74, 6) is -0.0531. The summed E-state index contributed by atoms with van der Waals surface area (Å²) in [5.41, 5.74) is 0.233. The summed E-state index contributed by atoms with van der Waals surface area (Å²) in [7, 11) is 0. The Morgan fingerprint density at radius 2 is 1.29 bits per heavy atom. The molecule has 0 unspecified atom stereocenters. The average Bonchev–Trinajstić information content (AvgIpc) is 3.16. The normalized spacial score (nSPS) is 18.8. The number of nitrogens with zero attached hydrogens (tertiary/aromatic N) is 3. The van der Waals surface area contributed by atoms with Gasteiger partial charge in [-0.05, 0) is 38.8 Å². The van der Waals surface area contributed by atoms with Crippen molar-refractivity contribution in [1.82, 2.24) is 9.80 Å². The van der Waals surface area contributed by atoms with E-state index in [0.29, 0.717) is 13.1 Å². The van der Waals surface area contributed by atoms with Crippen LogP contribution >= 0.6 is 0 Å². The van der Waals surface area contributed by atoms with E-state index in [2.05, 4.69) is 17.0 Å². The van der Waals surface area contributed by atoms with Crippen LogP contribution in [0.5, 0.6) is 0 Å². The SMILES string of the molecule is CC(C)(C(=O)N1CCCC1)C(=O)N1CCN(c2ccccc2)CC1. The molecule has 130 valence electrons. The number of hydrogen-bond donors (Lipinski definition) is 0. The van der Waals surface area contributed by atoms with E-state index in [-0.39, 0.29) is 11.8 Å². The highest BCUT2D eigenvalue weighted by atomic mass is 16.2. The van der Waals surface area contributed by atoms with Crippen LogP contribution in [-0.2, 0) is 9.59 Å². The summed E-state index contributed by atoms with van der Waals surface area (Å²) in [5, 5.41) is 0. The van der Waals surface area contributed by atoms with Crippen molar-refractivity contribution < 1.29 is 9.59 Å². The fourth-order valence-electron chi connectivity index (χ4n) is 3.61. The Bertz CT molecular complexity index is 586. The van der Waals surface area contributed by atoms with E-state index < -0.39 is 5.41 Å². The van der Waals surface area contributed by atoms with E-state index in [0.717, 1.165) is 39.0 Å². The molecule has 2 aliphatic heterocycles. The minimum absolute atomic E-state index is 0.0181. The van der Waals surface area contributed by atoms with Crippen LogP contribution in [0.1, 0.15) is 26.7 Å². The third-order valence-corrected chi connectivity index (χ3v) is 5.15.